The summed E-state index contributed by atoms with van der Waals surface area (Å²) >= 11 is 0. The average molecular weight is 325 g/mol. The predicted molar refractivity (Wildman–Crippen MR) is 94.1 cm³/mol. The van der Waals surface area contributed by atoms with Gasteiger partial charge in [-0.05, 0) is 37.0 Å². The van der Waals surface area contributed by atoms with Crippen LogP contribution < -0.4 is 5.32 Å². The van der Waals surface area contributed by atoms with Gasteiger partial charge in [-0.1, -0.05) is 55.0 Å². The minimum atomic E-state index is -0.473. The second-order valence-corrected chi connectivity index (χ2v) is 6.01. The normalized spacial score (nSPS) is 11.6. The monoisotopic (exact) mass is 325 g/mol. The molecule has 0 saturated carbocycles. The van der Waals surface area contributed by atoms with E-state index in [9.17, 15) is 9.59 Å². The van der Waals surface area contributed by atoms with Gasteiger partial charge in [0.05, 0.1) is 5.56 Å². The molecule has 1 N–H and O–H groups in total. The number of amides is 1. The Morgan fingerprint density at radius 3 is 2.46 bits per heavy atom. The highest BCUT2D eigenvalue weighted by Gasteiger charge is 2.13. The van der Waals surface area contributed by atoms with Crippen molar-refractivity contribution < 1.29 is 14.3 Å². The molecule has 0 fully saturated rings. The number of nitrogens with one attached hydrogen (secondary N) is 1. The minimum absolute atomic E-state index is 0.199. The molecule has 4 nitrogen and oxygen atoms in total. The number of carbonyl (C=O) groups excluding carboxylic acids is 2. The van der Waals surface area contributed by atoms with Gasteiger partial charge in [0.1, 0.15) is 0 Å². The number of carbonyl (C=O) groups is 2. The van der Waals surface area contributed by atoms with Crippen molar-refractivity contribution in [3.05, 3.63) is 70.8 Å². The van der Waals surface area contributed by atoms with E-state index in [1.807, 2.05) is 63.2 Å². The van der Waals surface area contributed by atoms with Crippen LogP contribution in [0.2, 0.25) is 0 Å². The van der Waals surface area contributed by atoms with Gasteiger partial charge in [-0.25, -0.2) is 4.79 Å². The van der Waals surface area contributed by atoms with E-state index in [-0.39, 0.29) is 18.4 Å². The number of aryl methyl sites for hydroxylation is 2. The number of ether oxygens (including phenoxy) is 1. The van der Waals surface area contributed by atoms with Gasteiger partial charge in [0.25, 0.3) is 5.91 Å². The summed E-state index contributed by atoms with van der Waals surface area (Å²) in [6.45, 7) is 6.09. The highest BCUT2D eigenvalue weighted by Crippen LogP contribution is 2.13. The third kappa shape index (κ3) is 4.95. The molecule has 2 aromatic carbocycles. The number of hydrogen-bond acceptors (Lipinski definition) is 3. The van der Waals surface area contributed by atoms with E-state index in [0.29, 0.717) is 12.1 Å². The number of hydrogen-bond donors (Lipinski definition) is 1. The fourth-order valence-corrected chi connectivity index (χ4v) is 2.47. The zero-order valence-electron chi connectivity index (χ0n) is 14.3. The Labute approximate surface area is 142 Å². The van der Waals surface area contributed by atoms with E-state index in [4.69, 9.17) is 4.74 Å². The Bertz CT molecular complexity index is 710. The fourth-order valence-electron chi connectivity index (χ4n) is 2.47. The first kappa shape index (κ1) is 17.7. The molecule has 24 heavy (non-hydrogen) atoms. The van der Waals surface area contributed by atoms with Crippen LogP contribution in [-0.4, -0.2) is 25.0 Å². The van der Waals surface area contributed by atoms with Crippen LogP contribution in [0, 0.1) is 13.8 Å². The maximum Gasteiger partial charge on any atom is 0.338 e. The van der Waals surface area contributed by atoms with Crippen molar-refractivity contribution in [2.24, 2.45) is 0 Å². The average Bonchev–Trinajstić information content (AvgIpc) is 2.58. The summed E-state index contributed by atoms with van der Waals surface area (Å²) in [6.07, 6.45) is 0. The second kappa shape index (κ2) is 8.29. The van der Waals surface area contributed by atoms with Crippen molar-refractivity contribution in [3.8, 4) is 0 Å². The van der Waals surface area contributed by atoms with E-state index in [2.05, 4.69) is 5.32 Å². The molecule has 4 heteroatoms. The number of rotatable bonds is 6. The summed E-state index contributed by atoms with van der Waals surface area (Å²) in [5, 5.41) is 2.80. The molecular weight excluding hydrogens is 302 g/mol. The summed E-state index contributed by atoms with van der Waals surface area (Å²) in [6, 6.07) is 15.4. The lowest BCUT2D eigenvalue weighted by molar-refractivity contribution is -0.124. The number of esters is 1. The Kier molecular flexibility index (Phi) is 6.13. The van der Waals surface area contributed by atoms with Crippen LogP contribution in [0.3, 0.4) is 0 Å². The molecule has 0 aliphatic heterocycles. The van der Waals surface area contributed by atoms with Crippen molar-refractivity contribution in [1.29, 1.82) is 0 Å². The van der Waals surface area contributed by atoms with Crippen molar-refractivity contribution in [2.75, 3.05) is 13.2 Å². The zero-order chi connectivity index (χ0) is 17.5. The van der Waals surface area contributed by atoms with E-state index in [1.54, 1.807) is 6.07 Å². The Balaban J connectivity index is 1.79. The van der Waals surface area contributed by atoms with Crippen LogP contribution in [0.4, 0.5) is 0 Å². The smallest absolute Gasteiger partial charge is 0.338 e. The topological polar surface area (TPSA) is 55.4 Å². The quantitative estimate of drug-likeness (QED) is 0.828. The molecule has 2 rings (SSSR count). The molecule has 0 bridgehead atoms. The van der Waals surface area contributed by atoms with E-state index >= 15 is 0 Å². The lowest BCUT2D eigenvalue weighted by Gasteiger charge is -2.13. The molecule has 0 aromatic heterocycles. The number of benzene rings is 2. The van der Waals surface area contributed by atoms with Crippen LogP contribution >= 0.6 is 0 Å². The van der Waals surface area contributed by atoms with Crippen LogP contribution in [-0.2, 0) is 9.53 Å². The van der Waals surface area contributed by atoms with Crippen molar-refractivity contribution >= 4 is 11.9 Å². The highest BCUT2D eigenvalue weighted by molar-refractivity contribution is 5.92. The SMILES string of the molecule is Cc1ccc(C(=O)OCC(=O)NC[C@@H](C)c2ccccc2)c(C)c1. The van der Waals surface area contributed by atoms with Gasteiger partial charge in [0.15, 0.2) is 6.61 Å². The molecule has 1 amide bonds. The first-order valence-corrected chi connectivity index (χ1v) is 8.03. The van der Waals surface area contributed by atoms with Crippen molar-refractivity contribution in [1.82, 2.24) is 5.32 Å². The van der Waals surface area contributed by atoms with E-state index < -0.39 is 5.97 Å². The molecule has 2 aromatic rings. The van der Waals surface area contributed by atoms with Gasteiger partial charge in [-0.3, -0.25) is 4.79 Å². The molecule has 0 unspecified atom stereocenters. The summed E-state index contributed by atoms with van der Waals surface area (Å²) in [5.74, 6) is -0.570. The van der Waals surface area contributed by atoms with Gasteiger partial charge in [0.2, 0.25) is 0 Å². The van der Waals surface area contributed by atoms with Gasteiger partial charge < -0.3 is 10.1 Å². The molecule has 0 spiro atoms. The maximum absolute atomic E-state index is 12.0. The lowest BCUT2D eigenvalue weighted by Crippen LogP contribution is -2.31. The van der Waals surface area contributed by atoms with Crippen LogP contribution in [0.25, 0.3) is 0 Å². The van der Waals surface area contributed by atoms with Gasteiger partial charge in [-0.2, -0.15) is 0 Å². The van der Waals surface area contributed by atoms with E-state index in [1.165, 1.54) is 0 Å². The zero-order valence-corrected chi connectivity index (χ0v) is 14.3. The maximum atomic E-state index is 12.0. The third-order valence-corrected chi connectivity index (χ3v) is 3.91. The molecule has 0 heterocycles. The van der Waals surface area contributed by atoms with Crippen molar-refractivity contribution in [3.63, 3.8) is 0 Å². The first-order chi connectivity index (χ1) is 11.5. The molecule has 0 aliphatic rings. The lowest BCUT2D eigenvalue weighted by atomic mass is 10.0. The van der Waals surface area contributed by atoms with Gasteiger partial charge >= 0.3 is 5.97 Å². The highest BCUT2D eigenvalue weighted by atomic mass is 16.5. The van der Waals surface area contributed by atoms with Gasteiger partial charge in [-0.15, -0.1) is 0 Å². The summed E-state index contributed by atoms with van der Waals surface area (Å²) in [5.41, 5.74) is 3.57. The molecule has 0 saturated heterocycles. The first-order valence-electron chi connectivity index (χ1n) is 8.03. The van der Waals surface area contributed by atoms with Crippen LogP contribution in [0.15, 0.2) is 48.5 Å². The van der Waals surface area contributed by atoms with Crippen LogP contribution in [0.5, 0.6) is 0 Å². The largest absolute Gasteiger partial charge is 0.452 e. The van der Waals surface area contributed by atoms with Gasteiger partial charge in [0, 0.05) is 6.54 Å². The summed E-state index contributed by atoms with van der Waals surface area (Å²) in [7, 11) is 0. The standard InChI is InChI=1S/C20H23NO3/c1-14-9-10-18(15(2)11-14)20(23)24-13-19(22)21-12-16(3)17-7-5-4-6-8-17/h4-11,16H,12-13H2,1-3H3,(H,21,22)/t16-/m1/s1. The Hall–Kier alpha value is -2.62. The van der Waals surface area contributed by atoms with Crippen molar-refractivity contribution in [2.45, 2.75) is 26.7 Å². The molecule has 0 aliphatic carbocycles. The molecule has 126 valence electrons. The molecule has 0 radical (unpaired) electrons. The third-order valence-electron chi connectivity index (χ3n) is 3.91. The van der Waals surface area contributed by atoms with E-state index in [0.717, 1.165) is 16.7 Å². The van der Waals surface area contributed by atoms with Crippen LogP contribution in [0.1, 0.15) is 39.9 Å². The fraction of sp³-hybridized carbons (Fsp3) is 0.300. The summed E-state index contributed by atoms with van der Waals surface area (Å²) in [4.78, 5) is 23.9. The molecular formula is C20H23NO3. The molecule has 1 atom stereocenters. The second-order valence-electron chi connectivity index (χ2n) is 6.01. The summed E-state index contributed by atoms with van der Waals surface area (Å²) < 4.78 is 5.10. The minimum Gasteiger partial charge on any atom is -0.452 e. The predicted octanol–water partition coefficient (Wildman–Crippen LogP) is 3.38. The Morgan fingerprint density at radius 2 is 1.79 bits per heavy atom. The Morgan fingerprint density at radius 1 is 1.08 bits per heavy atom.